The van der Waals surface area contributed by atoms with Crippen LogP contribution >= 0.6 is 0 Å². The maximum Gasteiger partial charge on any atom is 0.163 e. The molecule has 0 spiro atoms. The quantitative estimate of drug-likeness (QED) is 0.587. The van der Waals surface area contributed by atoms with E-state index in [0.29, 0.717) is 18.0 Å². The number of nitrogens with zero attached hydrogens (tertiary/aromatic N) is 2. The molecule has 0 aromatic heterocycles. The van der Waals surface area contributed by atoms with Crippen LogP contribution < -0.4 is 5.32 Å². The van der Waals surface area contributed by atoms with Gasteiger partial charge < -0.3 is 10.2 Å². The van der Waals surface area contributed by atoms with Gasteiger partial charge in [-0.15, -0.1) is 0 Å². The van der Waals surface area contributed by atoms with Crippen molar-refractivity contribution in [3.8, 4) is 11.1 Å². The average molecular weight is 450 g/mol. The Bertz CT molecular complexity index is 912. The number of aliphatic hydroxyl groups excluding tert-OH is 2. The first kappa shape index (κ1) is 23.0. The fourth-order valence-electron chi connectivity index (χ4n) is 6.38. The summed E-state index contributed by atoms with van der Waals surface area (Å²) in [6.07, 6.45) is 6.48. The molecule has 3 N–H and O–H groups in total. The highest BCUT2D eigenvalue weighted by Gasteiger charge is 2.49. The van der Waals surface area contributed by atoms with Crippen LogP contribution in [-0.2, 0) is 0 Å². The van der Waals surface area contributed by atoms with E-state index in [0.717, 1.165) is 32.5 Å². The van der Waals surface area contributed by atoms with Gasteiger partial charge in [-0.05, 0) is 61.4 Å². The zero-order chi connectivity index (χ0) is 22.8. The molecule has 5 nitrogen and oxygen atoms in total. The lowest BCUT2D eigenvalue weighted by Crippen LogP contribution is -2.68. The number of fused-ring (bicyclic) bond motifs is 1. The number of nitrogens with one attached hydrogen (secondary N) is 1. The van der Waals surface area contributed by atoms with Gasteiger partial charge in [0, 0.05) is 37.1 Å². The summed E-state index contributed by atoms with van der Waals surface area (Å²) < 4.78 is 0. The zero-order valence-corrected chi connectivity index (χ0v) is 19.9. The molecule has 1 unspecified atom stereocenters. The normalized spacial score (nSPS) is 28.0. The first-order valence-electron chi connectivity index (χ1n) is 12.9. The molecule has 178 valence electrons. The Morgan fingerprint density at radius 1 is 0.970 bits per heavy atom. The van der Waals surface area contributed by atoms with Gasteiger partial charge >= 0.3 is 0 Å². The molecule has 2 saturated heterocycles. The Balaban J connectivity index is 1.33. The number of benzene rings is 2. The van der Waals surface area contributed by atoms with Crippen molar-refractivity contribution in [1.29, 1.82) is 0 Å². The lowest BCUT2D eigenvalue weighted by atomic mass is 9.74. The van der Waals surface area contributed by atoms with Gasteiger partial charge in [0.2, 0.25) is 0 Å². The van der Waals surface area contributed by atoms with Crippen molar-refractivity contribution < 1.29 is 10.2 Å². The van der Waals surface area contributed by atoms with Gasteiger partial charge in [-0.2, -0.15) is 0 Å². The molecule has 1 saturated carbocycles. The molecule has 5 heteroatoms. The fourth-order valence-corrected chi connectivity index (χ4v) is 6.38. The second kappa shape index (κ2) is 10.2. The summed E-state index contributed by atoms with van der Waals surface area (Å²) in [5.41, 5.74) is 5.10. The molecule has 2 aromatic carbocycles. The molecule has 2 heterocycles. The van der Waals surface area contributed by atoms with E-state index in [1.165, 1.54) is 47.9 Å². The van der Waals surface area contributed by atoms with Crippen molar-refractivity contribution >= 4 is 0 Å². The molecule has 33 heavy (non-hydrogen) atoms. The molecule has 3 fully saturated rings. The van der Waals surface area contributed by atoms with Crippen molar-refractivity contribution in [2.24, 2.45) is 0 Å². The third-order valence-electron chi connectivity index (χ3n) is 8.24. The van der Waals surface area contributed by atoms with Gasteiger partial charge in [0.15, 0.2) is 6.35 Å². The van der Waals surface area contributed by atoms with Crippen molar-refractivity contribution in [3.63, 3.8) is 0 Å². The van der Waals surface area contributed by atoms with Gasteiger partial charge in [0.05, 0.1) is 6.61 Å². The highest BCUT2D eigenvalue weighted by atomic mass is 16.3. The minimum absolute atomic E-state index is 0.166. The van der Waals surface area contributed by atoms with Crippen LogP contribution in [-0.4, -0.2) is 70.7 Å². The maximum absolute atomic E-state index is 11.0. The van der Waals surface area contributed by atoms with Gasteiger partial charge in [0.1, 0.15) is 0 Å². The molecule has 2 aliphatic heterocycles. The second-order valence-corrected chi connectivity index (χ2v) is 10.2. The Labute approximate surface area is 198 Å². The van der Waals surface area contributed by atoms with Gasteiger partial charge in [-0.25, -0.2) is 0 Å². The van der Waals surface area contributed by atoms with E-state index in [9.17, 15) is 10.2 Å². The number of aryl methyl sites for hydroxylation is 1. The lowest BCUT2D eigenvalue weighted by Gasteiger charge is -2.57. The predicted octanol–water partition coefficient (Wildman–Crippen LogP) is 3.69. The number of rotatable bonds is 6. The predicted molar refractivity (Wildman–Crippen MR) is 133 cm³/mol. The minimum Gasteiger partial charge on any atom is -0.395 e. The molecule has 3 aliphatic rings. The second-order valence-electron chi connectivity index (χ2n) is 10.2. The Hall–Kier alpha value is -1.76. The standard InChI is InChI=1S/C28H39N3O2/c1-20-8-2-5-11-24(20)21-12-14-22(15-13-21)27-25-18-30(28(33)29-23-9-3-4-10-23)16-6-7-17-31(25)26(27)19-32/h2,5,8,11-15,23,25-29,32-33H,3-4,6-7,9-10,16-19H2,1H3/t25-,26-,27+,28?/m1/s1. The van der Waals surface area contributed by atoms with Crippen LogP contribution in [0.15, 0.2) is 48.5 Å². The Morgan fingerprint density at radius 3 is 2.42 bits per heavy atom. The van der Waals surface area contributed by atoms with Crippen molar-refractivity contribution in [1.82, 2.24) is 15.1 Å². The molecular weight excluding hydrogens is 410 g/mol. The minimum atomic E-state index is -0.578. The van der Waals surface area contributed by atoms with Crippen molar-refractivity contribution in [2.75, 3.05) is 26.2 Å². The van der Waals surface area contributed by atoms with E-state index < -0.39 is 6.35 Å². The summed E-state index contributed by atoms with van der Waals surface area (Å²) in [7, 11) is 0. The van der Waals surface area contributed by atoms with E-state index in [4.69, 9.17) is 0 Å². The molecule has 4 atom stereocenters. The lowest BCUT2D eigenvalue weighted by molar-refractivity contribution is -0.103. The van der Waals surface area contributed by atoms with Gasteiger partial charge in [0.25, 0.3) is 0 Å². The summed E-state index contributed by atoms with van der Waals surface area (Å²) in [5.74, 6) is 0.292. The van der Waals surface area contributed by atoms with E-state index in [-0.39, 0.29) is 12.6 Å². The summed E-state index contributed by atoms with van der Waals surface area (Å²) in [4.78, 5) is 4.71. The SMILES string of the molecule is Cc1ccccc1-c1ccc([C@@H]2[C@@H](CO)N3CCCCN(C(O)NC4CCCC4)C[C@H]23)cc1. The number of aliphatic hydroxyl groups is 2. The topological polar surface area (TPSA) is 59.0 Å². The Kier molecular flexibility index (Phi) is 7.14. The number of hydrogen-bond donors (Lipinski definition) is 3. The highest BCUT2D eigenvalue weighted by Crippen LogP contribution is 2.42. The fraction of sp³-hybridized carbons (Fsp3) is 0.571. The first-order chi connectivity index (χ1) is 16.2. The first-order valence-corrected chi connectivity index (χ1v) is 12.9. The monoisotopic (exact) mass is 449 g/mol. The van der Waals surface area contributed by atoms with Crippen molar-refractivity contribution in [2.45, 2.75) is 75.8 Å². The largest absolute Gasteiger partial charge is 0.395 e. The van der Waals surface area contributed by atoms with Crippen LogP contribution in [0.5, 0.6) is 0 Å². The maximum atomic E-state index is 11.0. The van der Waals surface area contributed by atoms with Crippen LogP contribution in [0.2, 0.25) is 0 Å². The van der Waals surface area contributed by atoms with E-state index in [1.54, 1.807) is 0 Å². The summed E-state index contributed by atoms with van der Waals surface area (Å²) >= 11 is 0. The highest BCUT2D eigenvalue weighted by molar-refractivity contribution is 5.67. The third kappa shape index (κ3) is 4.75. The average Bonchev–Trinajstić information content (AvgIpc) is 3.32. The van der Waals surface area contributed by atoms with Crippen LogP contribution in [0.4, 0.5) is 0 Å². The van der Waals surface area contributed by atoms with E-state index >= 15 is 0 Å². The van der Waals surface area contributed by atoms with Crippen LogP contribution in [0, 0.1) is 6.92 Å². The summed E-state index contributed by atoms with van der Waals surface area (Å²) in [6.45, 7) is 5.13. The molecule has 0 amide bonds. The van der Waals surface area contributed by atoms with Crippen LogP contribution in [0.3, 0.4) is 0 Å². The molecule has 0 radical (unpaired) electrons. The van der Waals surface area contributed by atoms with E-state index in [1.807, 2.05) is 0 Å². The molecule has 5 rings (SSSR count). The third-order valence-corrected chi connectivity index (χ3v) is 8.24. The number of hydrogen-bond acceptors (Lipinski definition) is 5. The van der Waals surface area contributed by atoms with Crippen molar-refractivity contribution in [3.05, 3.63) is 59.7 Å². The molecule has 1 aliphatic carbocycles. The molecule has 0 bridgehead atoms. The zero-order valence-electron chi connectivity index (χ0n) is 19.9. The molecular formula is C28H39N3O2. The summed E-state index contributed by atoms with van der Waals surface area (Å²) in [6, 6.07) is 18.4. The van der Waals surface area contributed by atoms with Crippen LogP contribution in [0.1, 0.15) is 55.6 Å². The Morgan fingerprint density at radius 2 is 1.70 bits per heavy atom. The van der Waals surface area contributed by atoms with Gasteiger partial charge in [-0.1, -0.05) is 61.4 Å². The van der Waals surface area contributed by atoms with E-state index in [2.05, 4.69) is 70.6 Å². The smallest absolute Gasteiger partial charge is 0.163 e. The van der Waals surface area contributed by atoms with Gasteiger partial charge in [-0.3, -0.25) is 15.1 Å². The van der Waals surface area contributed by atoms with Crippen LogP contribution in [0.25, 0.3) is 11.1 Å². The molecule has 2 aromatic rings. The summed E-state index contributed by atoms with van der Waals surface area (Å²) in [5, 5.41) is 24.7.